The Morgan fingerprint density at radius 2 is 0.434 bits per heavy atom. The van der Waals surface area contributed by atoms with E-state index in [0.717, 1.165) is 95.8 Å². The SMILES string of the molecule is CCCCCCCCCCCCCCCCCCCCCCCC(=O)O[C@H](COC(=O)CCCCCCCCCCCCCCCCCCCC)COP(=O)(O)OC[C@@H](O)COP(=O)(O)OC[C@@H](COC(=O)CCCCCCCCCCCCCC)OC(=O)CCCCCCCCCCCCCCC(C)C. The fraction of sp³-hybridized carbons (Fsp3) is 0.954. The predicted octanol–water partition coefficient (Wildman–Crippen LogP) is 26.8. The molecule has 0 aliphatic carbocycles. The van der Waals surface area contributed by atoms with E-state index in [-0.39, 0.29) is 25.7 Å². The number of rotatable bonds is 87. The molecule has 0 aromatic rings. The molecule has 0 aliphatic heterocycles. The fourth-order valence-corrected chi connectivity index (χ4v) is 15.2. The van der Waals surface area contributed by atoms with E-state index in [2.05, 4.69) is 34.6 Å². The molecule has 0 radical (unpaired) electrons. The van der Waals surface area contributed by atoms with Crippen LogP contribution in [0.5, 0.6) is 0 Å². The quantitative estimate of drug-likeness (QED) is 0.0222. The Morgan fingerprint density at radius 1 is 0.255 bits per heavy atom. The lowest BCUT2D eigenvalue weighted by Gasteiger charge is -2.21. The van der Waals surface area contributed by atoms with Gasteiger partial charge < -0.3 is 33.8 Å². The maximum absolute atomic E-state index is 13.2. The van der Waals surface area contributed by atoms with Crippen molar-refractivity contribution >= 4 is 39.5 Å². The van der Waals surface area contributed by atoms with Gasteiger partial charge in [0.25, 0.3) is 0 Å². The number of carbonyl (C=O) groups excluding carboxylic acids is 4. The molecule has 2 unspecified atom stereocenters. The second-order valence-electron chi connectivity index (χ2n) is 31.8. The molecule has 0 fully saturated rings. The fourth-order valence-electron chi connectivity index (χ4n) is 13.6. The Balaban J connectivity index is 5.24. The number of unbranched alkanes of at least 4 members (excludes halogenated alkanes) is 59. The van der Waals surface area contributed by atoms with Crippen molar-refractivity contribution in [2.45, 2.75) is 490 Å². The summed E-state index contributed by atoms with van der Waals surface area (Å²) in [6.45, 7) is 7.38. The third kappa shape index (κ3) is 80.1. The van der Waals surface area contributed by atoms with Crippen LogP contribution in [0.4, 0.5) is 0 Å². The Hall–Kier alpha value is -1.94. The van der Waals surface area contributed by atoms with Gasteiger partial charge in [-0.15, -0.1) is 0 Å². The van der Waals surface area contributed by atoms with Crippen molar-refractivity contribution in [3.05, 3.63) is 0 Å². The van der Waals surface area contributed by atoms with Gasteiger partial charge in [0.2, 0.25) is 0 Å². The van der Waals surface area contributed by atoms with E-state index in [0.29, 0.717) is 25.7 Å². The molecule has 0 spiro atoms. The summed E-state index contributed by atoms with van der Waals surface area (Å²) >= 11 is 0. The molecule has 0 aromatic heterocycles. The zero-order chi connectivity index (χ0) is 77.6. The Morgan fingerprint density at radius 3 is 0.642 bits per heavy atom. The van der Waals surface area contributed by atoms with Gasteiger partial charge in [0, 0.05) is 25.7 Å². The van der Waals surface area contributed by atoms with Gasteiger partial charge in [-0.05, 0) is 31.6 Å². The molecule has 0 heterocycles. The van der Waals surface area contributed by atoms with Gasteiger partial charge in [-0.25, -0.2) is 9.13 Å². The first-order valence-corrected chi connectivity index (χ1v) is 48.1. The van der Waals surface area contributed by atoms with Gasteiger partial charge in [-0.3, -0.25) is 37.3 Å². The normalized spacial score (nSPS) is 13.7. The molecule has 0 bridgehead atoms. The van der Waals surface area contributed by atoms with Crippen LogP contribution in [0.25, 0.3) is 0 Å². The van der Waals surface area contributed by atoms with E-state index in [1.807, 2.05) is 0 Å². The minimum atomic E-state index is -4.97. The number of carbonyl (C=O) groups is 4. The standard InChI is InChI=1S/C87H170O17P2/c1-6-9-12-15-18-21-24-27-29-31-33-34-35-37-39-41-47-52-57-62-67-72-86(91)103-83(77-98-85(90)71-66-61-56-51-46-40-38-36-32-30-28-25-22-19-16-13-10-7-2)79-102-106(95,96)100-75-81(88)74-99-105(93,94)101-78-82(76-97-84(89)70-65-60-55-50-45-26-23-20-17-14-11-8-3)104-87(92)73-68-63-58-53-48-43-42-44-49-54-59-64-69-80(4)5/h80-83,88H,6-79H2,1-5H3,(H,93,94)(H,95,96)/t81-,82+,83+/m0/s1. The summed E-state index contributed by atoms with van der Waals surface area (Å²) in [6, 6.07) is 0. The first kappa shape index (κ1) is 104. The van der Waals surface area contributed by atoms with Gasteiger partial charge >= 0.3 is 39.5 Å². The highest BCUT2D eigenvalue weighted by Crippen LogP contribution is 2.45. The molecule has 5 atom stereocenters. The van der Waals surface area contributed by atoms with E-state index in [9.17, 15) is 43.2 Å². The summed E-state index contributed by atoms with van der Waals surface area (Å²) in [4.78, 5) is 73.3. The van der Waals surface area contributed by atoms with Gasteiger partial charge in [0.15, 0.2) is 12.2 Å². The number of esters is 4. The molecule has 0 amide bonds. The van der Waals surface area contributed by atoms with Crippen LogP contribution in [0.3, 0.4) is 0 Å². The van der Waals surface area contributed by atoms with E-state index in [1.54, 1.807) is 0 Å². The van der Waals surface area contributed by atoms with Gasteiger partial charge in [-0.1, -0.05) is 420 Å². The summed E-state index contributed by atoms with van der Waals surface area (Å²) < 4.78 is 69.0. The van der Waals surface area contributed by atoms with Crippen LogP contribution in [0, 0.1) is 5.92 Å². The van der Waals surface area contributed by atoms with Gasteiger partial charge in [-0.2, -0.15) is 0 Å². The molecule has 0 aromatic carbocycles. The summed E-state index contributed by atoms with van der Waals surface area (Å²) in [7, 11) is -9.93. The molecule has 0 saturated heterocycles. The lowest BCUT2D eigenvalue weighted by atomic mass is 10.0. The Bertz CT molecular complexity index is 2010. The summed E-state index contributed by atoms with van der Waals surface area (Å²) in [6.07, 6.45) is 73.6. The maximum Gasteiger partial charge on any atom is 0.472 e. The maximum atomic E-state index is 13.2. The van der Waals surface area contributed by atoms with Crippen molar-refractivity contribution in [1.29, 1.82) is 0 Å². The molecule has 3 N–H and O–H groups in total. The van der Waals surface area contributed by atoms with Crippen molar-refractivity contribution in [3.8, 4) is 0 Å². The van der Waals surface area contributed by atoms with Crippen LogP contribution in [0.1, 0.15) is 471 Å². The molecule has 0 saturated carbocycles. The average Bonchev–Trinajstić information content (AvgIpc) is 0.904. The van der Waals surface area contributed by atoms with Crippen LogP contribution in [0.2, 0.25) is 0 Å². The number of hydrogen-bond acceptors (Lipinski definition) is 15. The Labute approximate surface area is 651 Å². The topological polar surface area (TPSA) is 237 Å². The molecule has 106 heavy (non-hydrogen) atoms. The van der Waals surface area contributed by atoms with Crippen LogP contribution in [0.15, 0.2) is 0 Å². The number of hydrogen-bond donors (Lipinski definition) is 3. The predicted molar refractivity (Wildman–Crippen MR) is 437 cm³/mol. The minimum absolute atomic E-state index is 0.108. The summed E-state index contributed by atoms with van der Waals surface area (Å²) in [5, 5.41) is 10.7. The van der Waals surface area contributed by atoms with Crippen molar-refractivity contribution < 1.29 is 80.2 Å². The van der Waals surface area contributed by atoms with Crippen LogP contribution in [-0.4, -0.2) is 96.7 Å². The highest BCUT2D eigenvalue weighted by molar-refractivity contribution is 7.47. The zero-order valence-electron chi connectivity index (χ0n) is 69.6. The number of phosphoric ester groups is 2. The molecule has 630 valence electrons. The molecular weight excluding hydrogens is 1380 g/mol. The van der Waals surface area contributed by atoms with Crippen LogP contribution < -0.4 is 0 Å². The zero-order valence-corrected chi connectivity index (χ0v) is 71.4. The lowest BCUT2D eigenvalue weighted by molar-refractivity contribution is -0.161. The molecule has 19 heteroatoms. The number of aliphatic hydroxyl groups excluding tert-OH is 1. The highest BCUT2D eigenvalue weighted by atomic mass is 31.2. The van der Waals surface area contributed by atoms with Gasteiger partial charge in [0.05, 0.1) is 26.4 Å². The second kappa shape index (κ2) is 79.7. The summed E-state index contributed by atoms with van der Waals surface area (Å²) in [5.41, 5.74) is 0. The van der Waals surface area contributed by atoms with E-state index in [1.165, 1.54) is 295 Å². The molecular formula is C87H170O17P2. The molecule has 0 aliphatic rings. The van der Waals surface area contributed by atoms with Gasteiger partial charge in [0.1, 0.15) is 19.3 Å². The van der Waals surface area contributed by atoms with E-state index >= 15 is 0 Å². The smallest absolute Gasteiger partial charge is 0.462 e. The number of aliphatic hydroxyl groups is 1. The first-order chi connectivity index (χ1) is 51.5. The largest absolute Gasteiger partial charge is 0.472 e. The number of ether oxygens (including phenoxy) is 4. The van der Waals surface area contributed by atoms with E-state index < -0.39 is 97.5 Å². The average molecular weight is 1550 g/mol. The van der Waals surface area contributed by atoms with Crippen LogP contribution >= 0.6 is 15.6 Å². The second-order valence-corrected chi connectivity index (χ2v) is 34.7. The van der Waals surface area contributed by atoms with Crippen LogP contribution in [-0.2, 0) is 65.4 Å². The van der Waals surface area contributed by atoms with Crippen molar-refractivity contribution in [1.82, 2.24) is 0 Å². The highest BCUT2D eigenvalue weighted by Gasteiger charge is 2.30. The Kier molecular flexibility index (Phi) is 78.2. The van der Waals surface area contributed by atoms with E-state index in [4.69, 9.17) is 37.0 Å². The first-order valence-electron chi connectivity index (χ1n) is 45.1. The third-order valence-electron chi connectivity index (χ3n) is 20.5. The number of phosphoric acid groups is 2. The molecule has 0 rings (SSSR count). The minimum Gasteiger partial charge on any atom is -0.462 e. The van der Waals surface area contributed by atoms with Crippen molar-refractivity contribution in [2.75, 3.05) is 39.6 Å². The summed E-state index contributed by atoms with van der Waals surface area (Å²) in [5.74, 6) is -1.32. The third-order valence-corrected chi connectivity index (χ3v) is 22.4. The lowest BCUT2D eigenvalue weighted by Crippen LogP contribution is -2.30. The van der Waals surface area contributed by atoms with Crippen molar-refractivity contribution in [3.63, 3.8) is 0 Å². The monoisotopic (exact) mass is 1550 g/mol. The molecule has 17 nitrogen and oxygen atoms in total. The van der Waals surface area contributed by atoms with Crippen molar-refractivity contribution in [2.24, 2.45) is 5.92 Å².